The fourth-order valence-corrected chi connectivity index (χ4v) is 2.73. The summed E-state index contributed by atoms with van der Waals surface area (Å²) in [6.07, 6.45) is 2.39. The molecule has 2 atom stereocenters. The molecule has 0 bridgehead atoms. The van der Waals surface area contributed by atoms with Gasteiger partial charge in [0.15, 0.2) is 5.76 Å². The zero-order valence-electron chi connectivity index (χ0n) is 11.6. The molecule has 2 aromatic rings. The Balaban J connectivity index is 1.97. The van der Waals surface area contributed by atoms with Gasteiger partial charge in [-0.15, -0.1) is 0 Å². The molecule has 110 valence electrons. The van der Waals surface area contributed by atoms with Gasteiger partial charge in [-0.1, -0.05) is 0 Å². The second kappa shape index (κ2) is 4.72. The van der Waals surface area contributed by atoms with Crippen LogP contribution in [0.2, 0.25) is 0 Å². The van der Waals surface area contributed by atoms with Gasteiger partial charge in [0.2, 0.25) is 0 Å². The zero-order valence-corrected chi connectivity index (χ0v) is 11.6. The number of hydrogen-bond donors (Lipinski definition) is 0. The second-order valence-electron chi connectivity index (χ2n) is 5.14. The smallest absolute Gasteiger partial charge is 0.395 e. The topological polar surface area (TPSA) is 94.4 Å². The Morgan fingerprint density at radius 3 is 2.81 bits per heavy atom. The van der Waals surface area contributed by atoms with Crippen molar-refractivity contribution in [2.45, 2.75) is 32.4 Å². The molecule has 3 rings (SSSR count). The number of amides is 1. The minimum atomic E-state index is -0.664. The lowest BCUT2D eigenvalue weighted by atomic mass is 10.1. The highest BCUT2D eigenvalue weighted by molar-refractivity contribution is 6.04. The van der Waals surface area contributed by atoms with Crippen LogP contribution in [0.5, 0.6) is 0 Å². The van der Waals surface area contributed by atoms with Gasteiger partial charge in [0.25, 0.3) is 5.91 Å². The Morgan fingerprint density at radius 2 is 2.14 bits per heavy atom. The normalized spacial score (nSPS) is 21.1. The fourth-order valence-electron chi connectivity index (χ4n) is 2.73. The molecule has 1 aliphatic rings. The summed E-state index contributed by atoms with van der Waals surface area (Å²) in [5.74, 6) is -0.213. The highest BCUT2D eigenvalue weighted by atomic mass is 16.6. The lowest BCUT2D eigenvalue weighted by Gasteiger charge is -2.36. The quantitative estimate of drug-likeness (QED) is 0.625. The highest BCUT2D eigenvalue weighted by Crippen LogP contribution is 2.32. The highest BCUT2D eigenvalue weighted by Gasteiger charge is 2.34. The van der Waals surface area contributed by atoms with Crippen molar-refractivity contribution in [1.82, 2.24) is 9.78 Å². The summed E-state index contributed by atoms with van der Waals surface area (Å²) in [6.45, 7) is 3.97. The molecule has 8 nitrogen and oxygen atoms in total. The van der Waals surface area contributed by atoms with E-state index >= 15 is 0 Å². The van der Waals surface area contributed by atoms with E-state index in [0.29, 0.717) is 5.82 Å². The van der Waals surface area contributed by atoms with E-state index in [1.807, 2.05) is 13.8 Å². The van der Waals surface area contributed by atoms with Crippen molar-refractivity contribution in [2.24, 2.45) is 0 Å². The summed E-state index contributed by atoms with van der Waals surface area (Å²) < 4.78 is 6.78. The van der Waals surface area contributed by atoms with Crippen molar-refractivity contribution in [3.63, 3.8) is 0 Å². The molecular formula is C13H14N4O4. The van der Waals surface area contributed by atoms with Crippen LogP contribution < -0.4 is 4.90 Å². The van der Waals surface area contributed by atoms with Crippen LogP contribution in [0.1, 0.15) is 36.9 Å². The third kappa shape index (κ3) is 2.08. The molecule has 0 radical (unpaired) electrons. The molecule has 0 aliphatic carbocycles. The third-order valence-corrected chi connectivity index (χ3v) is 3.64. The van der Waals surface area contributed by atoms with E-state index in [2.05, 4.69) is 5.10 Å². The number of aromatic nitrogens is 2. The summed E-state index contributed by atoms with van der Waals surface area (Å²) >= 11 is 0. The Morgan fingerprint density at radius 1 is 1.38 bits per heavy atom. The fraction of sp³-hybridized carbons (Fsp3) is 0.385. The van der Waals surface area contributed by atoms with Crippen molar-refractivity contribution >= 4 is 17.6 Å². The monoisotopic (exact) mass is 290 g/mol. The van der Waals surface area contributed by atoms with Crippen LogP contribution in [0.15, 0.2) is 28.8 Å². The van der Waals surface area contributed by atoms with Crippen LogP contribution in [0, 0.1) is 10.1 Å². The maximum Gasteiger partial charge on any atom is 0.433 e. The van der Waals surface area contributed by atoms with Crippen molar-refractivity contribution < 1.29 is 14.1 Å². The molecule has 1 amide bonds. The van der Waals surface area contributed by atoms with Gasteiger partial charge in [0, 0.05) is 12.1 Å². The molecule has 0 saturated heterocycles. The van der Waals surface area contributed by atoms with Crippen molar-refractivity contribution in [1.29, 1.82) is 0 Å². The van der Waals surface area contributed by atoms with E-state index in [1.54, 1.807) is 21.8 Å². The van der Waals surface area contributed by atoms with E-state index in [9.17, 15) is 14.9 Å². The summed E-state index contributed by atoms with van der Waals surface area (Å²) in [5.41, 5.74) is 0. The molecule has 0 saturated carbocycles. The maximum atomic E-state index is 12.6. The Labute approximate surface area is 120 Å². The van der Waals surface area contributed by atoms with E-state index in [4.69, 9.17) is 4.42 Å². The average Bonchev–Trinajstić information content (AvgIpc) is 3.07. The number of nitrogens with zero attached hydrogens (tertiary/aromatic N) is 4. The van der Waals surface area contributed by atoms with Gasteiger partial charge in [-0.25, -0.2) is 4.68 Å². The first-order valence-corrected chi connectivity index (χ1v) is 6.60. The minimum absolute atomic E-state index is 0.0409. The summed E-state index contributed by atoms with van der Waals surface area (Å²) in [7, 11) is 0. The predicted molar refractivity (Wildman–Crippen MR) is 73.2 cm³/mol. The van der Waals surface area contributed by atoms with E-state index in [0.717, 1.165) is 6.42 Å². The minimum Gasteiger partial charge on any atom is -0.395 e. The van der Waals surface area contributed by atoms with Crippen molar-refractivity contribution in [3.05, 3.63) is 40.3 Å². The molecule has 8 heteroatoms. The lowest BCUT2D eigenvalue weighted by Crippen LogP contribution is -2.44. The summed E-state index contributed by atoms with van der Waals surface area (Å²) in [6, 6.07) is 4.41. The largest absolute Gasteiger partial charge is 0.433 e. The lowest BCUT2D eigenvalue weighted by molar-refractivity contribution is -0.402. The number of furan rings is 1. The summed E-state index contributed by atoms with van der Waals surface area (Å²) in [4.78, 5) is 24.1. The molecular weight excluding hydrogens is 276 g/mol. The van der Waals surface area contributed by atoms with Crippen LogP contribution >= 0.6 is 0 Å². The summed E-state index contributed by atoms with van der Waals surface area (Å²) in [5, 5.41) is 14.9. The van der Waals surface area contributed by atoms with Crippen LogP contribution in [0.4, 0.5) is 11.7 Å². The standard InChI is InChI=1S/C13H14N4O4/c1-8-7-9(2)16-11(5-6-14-16)15(8)13(18)10-3-4-12(21-10)17(19)20/h3-6,8-9H,7H2,1-2H3/t8-,9+/m1/s1. The van der Waals surface area contributed by atoms with Gasteiger partial charge in [-0.2, -0.15) is 5.10 Å². The van der Waals surface area contributed by atoms with E-state index in [1.165, 1.54) is 12.1 Å². The average molecular weight is 290 g/mol. The first-order valence-electron chi connectivity index (χ1n) is 6.60. The third-order valence-electron chi connectivity index (χ3n) is 3.64. The zero-order chi connectivity index (χ0) is 15.1. The molecule has 0 spiro atoms. The van der Waals surface area contributed by atoms with E-state index < -0.39 is 16.7 Å². The van der Waals surface area contributed by atoms with Crippen LogP contribution in [-0.2, 0) is 0 Å². The molecule has 0 unspecified atom stereocenters. The number of carbonyl (C=O) groups excluding carboxylic acids is 1. The number of nitro groups is 1. The first kappa shape index (κ1) is 13.3. The Kier molecular flexibility index (Phi) is 3.00. The van der Waals surface area contributed by atoms with Crippen LogP contribution in [0.25, 0.3) is 0 Å². The predicted octanol–water partition coefficient (Wildman–Crippen LogP) is 2.38. The number of carbonyl (C=O) groups is 1. The van der Waals surface area contributed by atoms with Crippen molar-refractivity contribution in [2.75, 3.05) is 4.90 Å². The van der Waals surface area contributed by atoms with Crippen LogP contribution in [-0.4, -0.2) is 26.7 Å². The van der Waals surface area contributed by atoms with Gasteiger partial charge in [0.1, 0.15) is 10.7 Å². The number of rotatable bonds is 2. The SMILES string of the molecule is C[C@@H]1C[C@H](C)n2nccc2N1C(=O)c1ccc([N+](=O)[O-])o1. The van der Waals surface area contributed by atoms with Crippen LogP contribution in [0.3, 0.4) is 0 Å². The molecule has 21 heavy (non-hydrogen) atoms. The Bertz CT molecular complexity index is 705. The molecule has 3 heterocycles. The Hall–Kier alpha value is -2.64. The van der Waals surface area contributed by atoms with Gasteiger partial charge in [-0.3, -0.25) is 19.8 Å². The molecule has 1 aliphatic heterocycles. The number of anilines is 1. The van der Waals surface area contributed by atoms with Crippen molar-refractivity contribution in [3.8, 4) is 0 Å². The van der Waals surface area contributed by atoms with E-state index in [-0.39, 0.29) is 17.8 Å². The molecule has 0 fully saturated rings. The van der Waals surface area contributed by atoms with Gasteiger partial charge >= 0.3 is 5.88 Å². The van der Waals surface area contributed by atoms with Gasteiger partial charge in [0.05, 0.1) is 18.3 Å². The molecule has 2 aromatic heterocycles. The van der Waals surface area contributed by atoms with Gasteiger partial charge in [-0.05, 0) is 26.3 Å². The first-order chi connectivity index (χ1) is 9.99. The number of hydrogen-bond acceptors (Lipinski definition) is 5. The maximum absolute atomic E-state index is 12.6. The number of fused-ring (bicyclic) bond motifs is 1. The second-order valence-corrected chi connectivity index (χ2v) is 5.14. The molecule has 0 aromatic carbocycles. The van der Waals surface area contributed by atoms with Gasteiger partial charge < -0.3 is 4.42 Å². The molecule has 0 N–H and O–H groups in total.